The second-order valence-electron chi connectivity index (χ2n) is 4.28. The number of hydrogen-bond donors (Lipinski definition) is 3. The van der Waals surface area contributed by atoms with Gasteiger partial charge in [-0.05, 0) is 37.5 Å². The Labute approximate surface area is 108 Å². The van der Waals surface area contributed by atoms with Gasteiger partial charge in [0.1, 0.15) is 0 Å². The van der Waals surface area contributed by atoms with E-state index in [1.807, 2.05) is 19.1 Å². The van der Waals surface area contributed by atoms with Crippen LogP contribution in [0.3, 0.4) is 0 Å². The number of hydrogen-bond acceptors (Lipinski definition) is 3. The molecule has 3 N–H and O–H groups in total. The Balaban J connectivity index is 2.41. The van der Waals surface area contributed by atoms with Crippen LogP contribution in [0.4, 0.5) is 4.79 Å². The summed E-state index contributed by atoms with van der Waals surface area (Å²) >= 11 is 0. The molecule has 0 fully saturated rings. The first kappa shape index (κ1) is 14.4. The lowest BCUT2D eigenvalue weighted by molar-refractivity contribution is 0.183. The van der Waals surface area contributed by atoms with Crippen LogP contribution < -0.4 is 10.6 Å². The normalized spacial score (nSPS) is 13.7. The maximum absolute atomic E-state index is 11.6. The van der Waals surface area contributed by atoms with E-state index in [0.29, 0.717) is 13.0 Å². The van der Waals surface area contributed by atoms with E-state index in [1.54, 1.807) is 19.3 Å². The summed E-state index contributed by atoms with van der Waals surface area (Å²) < 4.78 is 0. The van der Waals surface area contributed by atoms with E-state index in [9.17, 15) is 4.79 Å². The average molecular weight is 251 g/mol. The van der Waals surface area contributed by atoms with Crippen LogP contribution in [-0.4, -0.2) is 28.8 Å². The molecule has 0 bridgehead atoms. The Morgan fingerprint density at radius 2 is 2.11 bits per heavy atom. The van der Waals surface area contributed by atoms with Gasteiger partial charge in [-0.1, -0.05) is 6.92 Å². The molecule has 0 radical (unpaired) electrons. The highest BCUT2D eigenvalue weighted by molar-refractivity contribution is 5.74. The monoisotopic (exact) mass is 251 g/mol. The molecular formula is C13H21N3O2. The van der Waals surface area contributed by atoms with Gasteiger partial charge >= 0.3 is 6.03 Å². The Morgan fingerprint density at radius 1 is 1.44 bits per heavy atom. The lowest BCUT2D eigenvalue weighted by Crippen LogP contribution is -2.38. The van der Waals surface area contributed by atoms with Crippen LogP contribution in [-0.2, 0) is 0 Å². The molecule has 2 unspecified atom stereocenters. The average Bonchev–Trinajstić information content (AvgIpc) is 2.36. The molecular weight excluding hydrogens is 230 g/mol. The molecule has 0 spiro atoms. The third kappa shape index (κ3) is 5.14. The van der Waals surface area contributed by atoms with E-state index in [-0.39, 0.29) is 12.1 Å². The number of aromatic nitrogens is 1. The highest BCUT2D eigenvalue weighted by Gasteiger charge is 2.11. The molecule has 1 rings (SSSR count). The number of pyridine rings is 1. The second kappa shape index (κ2) is 7.66. The molecule has 0 saturated heterocycles. The van der Waals surface area contributed by atoms with Crippen molar-refractivity contribution in [1.82, 2.24) is 15.6 Å². The van der Waals surface area contributed by atoms with Crippen molar-refractivity contribution >= 4 is 6.03 Å². The fourth-order valence-corrected chi connectivity index (χ4v) is 1.62. The van der Waals surface area contributed by atoms with Crippen molar-refractivity contribution in [2.45, 2.75) is 38.8 Å². The van der Waals surface area contributed by atoms with Gasteiger partial charge in [-0.25, -0.2) is 4.79 Å². The first-order valence-corrected chi connectivity index (χ1v) is 6.25. The summed E-state index contributed by atoms with van der Waals surface area (Å²) in [4.78, 5) is 15.6. The van der Waals surface area contributed by atoms with Crippen molar-refractivity contribution in [1.29, 1.82) is 0 Å². The largest absolute Gasteiger partial charge is 0.393 e. The zero-order valence-corrected chi connectivity index (χ0v) is 10.9. The molecule has 0 aliphatic rings. The molecule has 0 aliphatic heterocycles. The maximum atomic E-state index is 11.6. The van der Waals surface area contributed by atoms with Crippen LogP contribution >= 0.6 is 0 Å². The molecule has 2 amide bonds. The number of amides is 2. The molecule has 2 atom stereocenters. The molecule has 100 valence electrons. The van der Waals surface area contributed by atoms with Crippen molar-refractivity contribution in [2.75, 3.05) is 6.54 Å². The first-order valence-electron chi connectivity index (χ1n) is 6.25. The topological polar surface area (TPSA) is 74.2 Å². The molecule has 5 nitrogen and oxygen atoms in total. The highest BCUT2D eigenvalue weighted by atomic mass is 16.3. The third-order valence-electron chi connectivity index (χ3n) is 2.67. The molecule has 1 heterocycles. The van der Waals surface area contributed by atoms with Crippen LogP contribution in [0.5, 0.6) is 0 Å². The molecule has 0 saturated carbocycles. The standard InChI is InChI=1S/C13H21N3O2/c1-3-12(11-5-7-14-8-6-11)16-13(18)15-9-4-10(2)17/h5-8,10,12,17H,3-4,9H2,1-2H3,(H2,15,16,18). The highest BCUT2D eigenvalue weighted by Crippen LogP contribution is 2.14. The van der Waals surface area contributed by atoms with Gasteiger partial charge in [0, 0.05) is 18.9 Å². The molecule has 18 heavy (non-hydrogen) atoms. The maximum Gasteiger partial charge on any atom is 0.315 e. The van der Waals surface area contributed by atoms with E-state index >= 15 is 0 Å². The first-order chi connectivity index (χ1) is 8.63. The summed E-state index contributed by atoms with van der Waals surface area (Å²) in [5.74, 6) is 0. The van der Waals surface area contributed by atoms with E-state index in [0.717, 1.165) is 12.0 Å². The van der Waals surface area contributed by atoms with Crippen molar-refractivity contribution in [3.63, 3.8) is 0 Å². The van der Waals surface area contributed by atoms with Gasteiger partial charge in [0.05, 0.1) is 12.1 Å². The fraction of sp³-hybridized carbons (Fsp3) is 0.538. The summed E-state index contributed by atoms with van der Waals surface area (Å²) in [6.07, 6.45) is 4.40. The molecule has 0 aliphatic carbocycles. The Hall–Kier alpha value is -1.62. The van der Waals surface area contributed by atoms with Gasteiger partial charge in [0.2, 0.25) is 0 Å². The van der Waals surface area contributed by atoms with E-state index < -0.39 is 6.10 Å². The summed E-state index contributed by atoms with van der Waals surface area (Å²) in [7, 11) is 0. The minimum absolute atomic E-state index is 0.0143. The van der Waals surface area contributed by atoms with Gasteiger partial charge in [-0.15, -0.1) is 0 Å². The molecule has 1 aromatic heterocycles. The van der Waals surface area contributed by atoms with Crippen LogP contribution in [0.1, 0.15) is 38.3 Å². The van der Waals surface area contributed by atoms with Gasteiger partial charge < -0.3 is 15.7 Å². The Bertz CT molecular complexity index is 355. The van der Waals surface area contributed by atoms with Gasteiger partial charge in [-0.2, -0.15) is 0 Å². The fourth-order valence-electron chi connectivity index (χ4n) is 1.62. The van der Waals surface area contributed by atoms with Crippen molar-refractivity contribution in [3.8, 4) is 0 Å². The van der Waals surface area contributed by atoms with E-state index in [2.05, 4.69) is 15.6 Å². The lowest BCUT2D eigenvalue weighted by atomic mass is 10.1. The predicted octanol–water partition coefficient (Wildman–Crippen LogP) is 1.60. The van der Waals surface area contributed by atoms with Gasteiger partial charge in [0.15, 0.2) is 0 Å². The van der Waals surface area contributed by atoms with Gasteiger partial charge in [-0.3, -0.25) is 4.98 Å². The van der Waals surface area contributed by atoms with Gasteiger partial charge in [0.25, 0.3) is 0 Å². The van der Waals surface area contributed by atoms with Crippen molar-refractivity contribution in [3.05, 3.63) is 30.1 Å². The van der Waals surface area contributed by atoms with Crippen molar-refractivity contribution < 1.29 is 9.90 Å². The zero-order chi connectivity index (χ0) is 13.4. The lowest BCUT2D eigenvalue weighted by Gasteiger charge is -2.17. The minimum atomic E-state index is -0.396. The van der Waals surface area contributed by atoms with Crippen LogP contribution in [0.2, 0.25) is 0 Å². The minimum Gasteiger partial charge on any atom is -0.393 e. The number of nitrogens with one attached hydrogen (secondary N) is 2. The second-order valence-corrected chi connectivity index (χ2v) is 4.28. The number of rotatable bonds is 6. The predicted molar refractivity (Wildman–Crippen MR) is 70.1 cm³/mol. The molecule has 0 aromatic carbocycles. The number of aliphatic hydroxyl groups is 1. The Kier molecular flexibility index (Phi) is 6.14. The van der Waals surface area contributed by atoms with Crippen LogP contribution in [0.25, 0.3) is 0 Å². The number of carbonyl (C=O) groups is 1. The van der Waals surface area contributed by atoms with E-state index in [4.69, 9.17) is 5.11 Å². The summed E-state index contributed by atoms with van der Waals surface area (Å²) in [6, 6.07) is 3.56. The Morgan fingerprint density at radius 3 is 2.67 bits per heavy atom. The summed E-state index contributed by atoms with van der Waals surface area (Å²) in [5, 5.41) is 14.7. The SMILES string of the molecule is CCC(NC(=O)NCCC(C)O)c1ccncc1. The summed E-state index contributed by atoms with van der Waals surface area (Å²) in [6.45, 7) is 4.18. The quantitative estimate of drug-likeness (QED) is 0.719. The number of carbonyl (C=O) groups excluding carboxylic acids is 1. The molecule has 1 aromatic rings. The number of aliphatic hydroxyl groups excluding tert-OH is 1. The number of urea groups is 1. The third-order valence-corrected chi connectivity index (χ3v) is 2.67. The van der Waals surface area contributed by atoms with Crippen LogP contribution in [0.15, 0.2) is 24.5 Å². The smallest absolute Gasteiger partial charge is 0.315 e. The molecule has 5 heteroatoms. The number of nitrogens with zero attached hydrogens (tertiary/aromatic N) is 1. The summed E-state index contributed by atoms with van der Waals surface area (Å²) in [5.41, 5.74) is 1.04. The van der Waals surface area contributed by atoms with E-state index in [1.165, 1.54) is 0 Å². The van der Waals surface area contributed by atoms with Crippen molar-refractivity contribution in [2.24, 2.45) is 0 Å². The zero-order valence-electron chi connectivity index (χ0n) is 10.9. The van der Waals surface area contributed by atoms with Crippen LogP contribution in [0, 0.1) is 0 Å².